The molecule has 1 aliphatic rings. The molecule has 1 heterocycles. The topological polar surface area (TPSA) is 87.0 Å². The van der Waals surface area contributed by atoms with Crippen LogP contribution < -0.4 is 4.74 Å². The van der Waals surface area contributed by atoms with Gasteiger partial charge in [0.1, 0.15) is 11.5 Å². The molecule has 5 nitrogen and oxygen atoms in total. The first kappa shape index (κ1) is 24.8. The Hall–Kier alpha value is -2.35. The van der Waals surface area contributed by atoms with Crippen LogP contribution in [0.4, 0.5) is 0 Å². The summed E-state index contributed by atoms with van der Waals surface area (Å²) >= 11 is 0. The third-order valence-corrected chi connectivity index (χ3v) is 8.63. The standard InChI is InChI=1S/C27H30O5S2/c1-32-27-25(31)12-8-18-6-10-20(29)14-19(28)4-2-3-13-33-34-16-24-22(26(18)27)11-7-17-5-9-21(30)15-23(17)24/h5,7-9,11-12,15,19,28,30-31H,2-4,6,10,13-14,16H2,1H3. The summed E-state index contributed by atoms with van der Waals surface area (Å²) in [4.78, 5) is 12.6. The van der Waals surface area contributed by atoms with Crippen molar-refractivity contribution in [2.75, 3.05) is 12.9 Å². The van der Waals surface area contributed by atoms with Crippen molar-refractivity contribution in [1.29, 1.82) is 0 Å². The highest BCUT2D eigenvalue weighted by molar-refractivity contribution is 8.76. The minimum Gasteiger partial charge on any atom is -0.508 e. The first-order valence-electron chi connectivity index (χ1n) is 11.6. The molecule has 1 aliphatic heterocycles. The van der Waals surface area contributed by atoms with E-state index in [1.807, 2.05) is 24.3 Å². The summed E-state index contributed by atoms with van der Waals surface area (Å²) in [5.74, 6) is 2.33. The van der Waals surface area contributed by atoms with Crippen LogP contribution in [0, 0.1) is 0 Å². The van der Waals surface area contributed by atoms with E-state index in [4.69, 9.17) is 4.74 Å². The first-order valence-corrected chi connectivity index (χ1v) is 14.0. The maximum atomic E-state index is 12.6. The number of phenolic OH excluding ortho intramolecular Hbond substituents is 2. The summed E-state index contributed by atoms with van der Waals surface area (Å²) in [7, 11) is 5.08. The van der Waals surface area contributed by atoms with Crippen molar-refractivity contribution in [2.24, 2.45) is 0 Å². The van der Waals surface area contributed by atoms with Gasteiger partial charge in [-0.05, 0) is 64.9 Å². The van der Waals surface area contributed by atoms with Gasteiger partial charge in [0.25, 0.3) is 0 Å². The molecule has 7 heteroatoms. The Morgan fingerprint density at radius 2 is 1.82 bits per heavy atom. The van der Waals surface area contributed by atoms with Crippen LogP contribution in [0.5, 0.6) is 17.2 Å². The lowest BCUT2D eigenvalue weighted by atomic mass is 9.89. The van der Waals surface area contributed by atoms with Gasteiger partial charge in [-0.2, -0.15) is 0 Å². The van der Waals surface area contributed by atoms with Crippen molar-refractivity contribution in [3.63, 3.8) is 0 Å². The first-order chi connectivity index (χ1) is 16.5. The van der Waals surface area contributed by atoms with E-state index in [2.05, 4.69) is 0 Å². The Bertz CT molecular complexity index is 1180. The van der Waals surface area contributed by atoms with Crippen LogP contribution in [-0.2, 0) is 17.0 Å². The van der Waals surface area contributed by atoms with E-state index in [9.17, 15) is 20.1 Å². The second-order valence-electron chi connectivity index (χ2n) is 8.63. The number of aryl methyl sites for hydroxylation is 1. The van der Waals surface area contributed by atoms with Crippen molar-refractivity contribution in [2.45, 2.75) is 50.4 Å². The fraction of sp³-hybridized carbons (Fsp3) is 0.370. The average Bonchev–Trinajstić information content (AvgIpc) is 2.81. The van der Waals surface area contributed by atoms with E-state index >= 15 is 0 Å². The zero-order valence-corrected chi connectivity index (χ0v) is 20.9. The van der Waals surface area contributed by atoms with Crippen LogP contribution in [0.3, 0.4) is 0 Å². The Morgan fingerprint density at radius 1 is 1.00 bits per heavy atom. The van der Waals surface area contributed by atoms with Crippen LogP contribution in [0.1, 0.15) is 43.2 Å². The molecule has 3 N–H and O–H groups in total. The van der Waals surface area contributed by atoms with Gasteiger partial charge >= 0.3 is 0 Å². The zero-order chi connectivity index (χ0) is 24.1. The van der Waals surface area contributed by atoms with Crippen molar-refractivity contribution >= 4 is 38.1 Å². The minimum absolute atomic E-state index is 0.0335. The molecule has 0 radical (unpaired) electrons. The molecule has 0 saturated heterocycles. The molecule has 34 heavy (non-hydrogen) atoms. The van der Waals surface area contributed by atoms with Gasteiger partial charge < -0.3 is 20.1 Å². The zero-order valence-electron chi connectivity index (χ0n) is 19.3. The van der Waals surface area contributed by atoms with Gasteiger partial charge in [-0.15, -0.1) is 0 Å². The number of hydrogen-bond acceptors (Lipinski definition) is 7. The van der Waals surface area contributed by atoms with Gasteiger partial charge in [0, 0.05) is 29.9 Å². The smallest absolute Gasteiger partial charge is 0.168 e. The van der Waals surface area contributed by atoms with Crippen molar-refractivity contribution in [1.82, 2.24) is 0 Å². The largest absolute Gasteiger partial charge is 0.508 e. The average molecular weight is 499 g/mol. The number of phenols is 2. The fourth-order valence-electron chi connectivity index (χ4n) is 4.52. The van der Waals surface area contributed by atoms with E-state index < -0.39 is 6.10 Å². The van der Waals surface area contributed by atoms with Crippen LogP contribution in [0.15, 0.2) is 42.5 Å². The summed E-state index contributed by atoms with van der Waals surface area (Å²) in [6.45, 7) is 0. The molecule has 1 unspecified atom stereocenters. The number of ketones is 1. The number of fused-ring (bicyclic) bond motifs is 5. The summed E-state index contributed by atoms with van der Waals surface area (Å²) < 4.78 is 5.65. The van der Waals surface area contributed by atoms with Crippen LogP contribution >= 0.6 is 21.6 Å². The molecular weight excluding hydrogens is 468 g/mol. The van der Waals surface area contributed by atoms with Crippen LogP contribution in [-0.4, -0.2) is 40.1 Å². The Kier molecular flexibility index (Phi) is 8.29. The van der Waals surface area contributed by atoms with Crippen LogP contribution in [0.25, 0.3) is 21.9 Å². The number of methoxy groups -OCH3 is 1. The summed E-state index contributed by atoms with van der Waals surface area (Å²) in [6, 6.07) is 12.9. The lowest BCUT2D eigenvalue weighted by molar-refractivity contribution is -0.121. The lowest BCUT2D eigenvalue weighted by Gasteiger charge is -2.20. The molecule has 0 aromatic heterocycles. The number of rotatable bonds is 1. The molecule has 0 spiro atoms. The number of carbonyl (C=O) groups excluding carboxylic acids is 1. The molecule has 0 aliphatic carbocycles. The van der Waals surface area contributed by atoms with Gasteiger partial charge in [-0.1, -0.05) is 52.3 Å². The van der Waals surface area contributed by atoms with Crippen molar-refractivity contribution in [3.05, 3.63) is 53.6 Å². The molecule has 0 bridgehead atoms. The molecule has 0 saturated carbocycles. The van der Waals surface area contributed by atoms with Gasteiger partial charge in [-0.25, -0.2) is 0 Å². The van der Waals surface area contributed by atoms with Gasteiger partial charge in [0.05, 0.1) is 13.2 Å². The predicted octanol–water partition coefficient (Wildman–Crippen LogP) is 6.24. The Balaban J connectivity index is 1.87. The maximum Gasteiger partial charge on any atom is 0.168 e. The summed E-state index contributed by atoms with van der Waals surface area (Å²) in [5.41, 5.74) is 3.66. The number of Topliss-reactive ketones (excluding diaryl/α,β-unsaturated/α-hetero) is 1. The third kappa shape index (κ3) is 5.65. The maximum absolute atomic E-state index is 12.6. The number of hydrogen-bond donors (Lipinski definition) is 3. The highest BCUT2D eigenvalue weighted by Gasteiger charge is 2.21. The number of aromatic hydroxyl groups is 2. The number of benzene rings is 3. The third-order valence-electron chi connectivity index (χ3n) is 6.25. The summed E-state index contributed by atoms with van der Waals surface area (Å²) in [5, 5.41) is 33.1. The van der Waals surface area contributed by atoms with E-state index in [-0.39, 0.29) is 23.7 Å². The molecular formula is C27H30O5S2. The molecule has 4 rings (SSSR count). The number of aliphatic hydroxyl groups excluding tert-OH is 1. The Labute approximate surface area is 207 Å². The quantitative estimate of drug-likeness (QED) is 0.342. The van der Waals surface area contributed by atoms with Crippen molar-refractivity contribution in [3.8, 4) is 28.4 Å². The van der Waals surface area contributed by atoms with Gasteiger partial charge in [-0.3, -0.25) is 4.79 Å². The molecule has 0 amide bonds. The monoisotopic (exact) mass is 498 g/mol. The second-order valence-corrected chi connectivity index (χ2v) is 11.2. The second kappa shape index (κ2) is 11.4. The van der Waals surface area contributed by atoms with Crippen molar-refractivity contribution < 1.29 is 24.9 Å². The van der Waals surface area contributed by atoms with Gasteiger partial charge in [0.2, 0.25) is 0 Å². The van der Waals surface area contributed by atoms with E-state index in [0.29, 0.717) is 30.8 Å². The van der Waals surface area contributed by atoms with Gasteiger partial charge in [0.15, 0.2) is 11.5 Å². The van der Waals surface area contributed by atoms with E-state index in [0.717, 1.165) is 51.6 Å². The number of carbonyl (C=O) groups is 1. The molecule has 180 valence electrons. The predicted molar refractivity (Wildman–Crippen MR) is 141 cm³/mol. The highest BCUT2D eigenvalue weighted by Crippen LogP contribution is 2.45. The highest BCUT2D eigenvalue weighted by atomic mass is 33.1. The molecule has 1 atom stereocenters. The van der Waals surface area contributed by atoms with E-state index in [1.165, 1.54) is 7.11 Å². The summed E-state index contributed by atoms with van der Waals surface area (Å²) in [6.07, 6.45) is 2.90. The van der Waals surface area contributed by atoms with E-state index in [1.54, 1.807) is 39.8 Å². The number of aliphatic hydroxyl groups is 1. The van der Waals surface area contributed by atoms with Crippen LogP contribution in [0.2, 0.25) is 0 Å². The number of ether oxygens (including phenoxy) is 1. The molecule has 3 aromatic carbocycles. The SMILES string of the molecule is COc1c(O)ccc2c1-c1ccc3ccc(O)cc3c1CSSCCCCC(O)CC(=O)CC2. The molecule has 3 aromatic rings. The Morgan fingerprint density at radius 3 is 2.65 bits per heavy atom. The minimum atomic E-state index is -0.591. The fourth-order valence-corrected chi connectivity index (χ4v) is 6.79. The lowest BCUT2D eigenvalue weighted by Crippen LogP contribution is -2.14. The normalized spacial score (nSPS) is 18.3. The molecule has 0 fully saturated rings.